The largest absolute Gasteiger partial charge is 0.341 e. The van der Waals surface area contributed by atoms with Crippen molar-refractivity contribution < 1.29 is 4.79 Å². The number of nitrogens with zero attached hydrogens (tertiary/aromatic N) is 3. The number of nitrogens with one attached hydrogen (secondary N) is 3. The van der Waals surface area contributed by atoms with E-state index >= 15 is 0 Å². The number of carbonyl (C=O) groups excluding carboxylic acids is 1. The van der Waals surface area contributed by atoms with E-state index in [0.29, 0.717) is 18.2 Å². The molecule has 140 valence electrons. The fourth-order valence-corrected chi connectivity index (χ4v) is 3.46. The summed E-state index contributed by atoms with van der Waals surface area (Å²) in [6, 6.07) is 10.0. The maximum atomic E-state index is 12.7. The lowest BCUT2D eigenvalue weighted by Crippen LogP contribution is -2.28. The Balaban J connectivity index is 1.41. The monoisotopic (exact) mass is 364 g/mol. The number of hydrogen-bond acceptors (Lipinski definition) is 4. The minimum Gasteiger partial charge on any atom is -0.341 e. The molecule has 1 saturated heterocycles. The van der Waals surface area contributed by atoms with Crippen molar-refractivity contribution in [3.63, 3.8) is 0 Å². The third kappa shape index (κ3) is 3.93. The molecule has 0 unspecified atom stereocenters. The number of carbonyl (C=O) groups is 1. The van der Waals surface area contributed by atoms with E-state index in [2.05, 4.69) is 25.3 Å². The van der Waals surface area contributed by atoms with Crippen molar-refractivity contribution in [2.45, 2.75) is 25.3 Å². The lowest BCUT2D eigenvalue weighted by atomic mass is 9.98. The third-order valence-electron chi connectivity index (χ3n) is 5.00. The van der Waals surface area contributed by atoms with Crippen LogP contribution in [0.15, 0.2) is 42.7 Å². The van der Waals surface area contributed by atoms with E-state index in [9.17, 15) is 4.79 Å². The van der Waals surface area contributed by atoms with E-state index in [1.54, 1.807) is 24.3 Å². The van der Waals surface area contributed by atoms with Gasteiger partial charge >= 0.3 is 0 Å². The molecular weight excluding hydrogens is 340 g/mol. The van der Waals surface area contributed by atoms with E-state index in [1.807, 2.05) is 30.3 Å². The van der Waals surface area contributed by atoms with Gasteiger partial charge in [0.25, 0.3) is 5.91 Å². The topological polar surface area (TPSA) is 89.7 Å². The maximum absolute atomic E-state index is 12.7. The molecule has 3 aromatic rings. The predicted octanol–water partition coefficient (Wildman–Crippen LogP) is 2.54. The minimum absolute atomic E-state index is 0.0830. The Labute approximate surface area is 158 Å². The fourth-order valence-electron chi connectivity index (χ4n) is 3.46. The summed E-state index contributed by atoms with van der Waals surface area (Å²) in [5.41, 5.74) is 2.55. The highest BCUT2D eigenvalue weighted by Gasteiger charge is 2.21. The second-order valence-electron chi connectivity index (χ2n) is 6.98. The average Bonchev–Trinajstić information content (AvgIpc) is 3.39. The van der Waals surface area contributed by atoms with Crippen molar-refractivity contribution >= 4 is 5.91 Å². The Kier molecular flexibility index (Phi) is 5.02. The number of aromatic nitrogens is 4. The fraction of sp³-hybridized carbons (Fsp3) is 0.350. The quantitative estimate of drug-likeness (QED) is 0.649. The van der Waals surface area contributed by atoms with Gasteiger partial charge in [-0.3, -0.25) is 4.79 Å². The average molecular weight is 364 g/mol. The molecule has 0 bridgehead atoms. The van der Waals surface area contributed by atoms with E-state index in [0.717, 1.165) is 48.8 Å². The summed E-state index contributed by atoms with van der Waals surface area (Å²) >= 11 is 0. The highest BCUT2D eigenvalue weighted by molar-refractivity contribution is 5.91. The van der Waals surface area contributed by atoms with Gasteiger partial charge in [0.05, 0.1) is 24.6 Å². The second-order valence-corrected chi connectivity index (χ2v) is 6.98. The summed E-state index contributed by atoms with van der Waals surface area (Å²) in [7, 11) is 1.78. The van der Waals surface area contributed by atoms with Crippen LogP contribution in [0.25, 0.3) is 11.3 Å². The number of piperidine rings is 1. The molecule has 0 spiro atoms. The van der Waals surface area contributed by atoms with Crippen LogP contribution in [0.5, 0.6) is 0 Å². The molecule has 7 nitrogen and oxygen atoms in total. The zero-order valence-electron chi connectivity index (χ0n) is 15.4. The number of H-pyrrole nitrogens is 2. The van der Waals surface area contributed by atoms with Crippen molar-refractivity contribution in [1.82, 2.24) is 30.2 Å². The van der Waals surface area contributed by atoms with Gasteiger partial charge in [0, 0.05) is 13.0 Å². The van der Waals surface area contributed by atoms with Gasteiger partial charge in [0.15, 0.2) is 0 Å². The molecule has 1 aliphatic rings. The molecule has 1 amide bonds. The number of rotatable bonds is 5. The highest BCUT2D eigenvalue weighted by atomic mass is 16.2. The molecule has 3 heterocycles. The molecule has 3 N–H and O–H groups in total. The maximum Gasteiger partial charge on any atom is 0.272 e. The van der Waals surface area contributed by atoms with Gasteiger partial charge in [-0.2, -0.15) is 0 Å². The minimum atomic E-state index is -0.0830. The van der Waals surface area contributed by atoms with Crippen LogP contribution in [0.3, 0.4) is 0 Å². The Morgan fingerprint density at radius 2 is 1.89 bits per heavy atom. The molecule has 0 aliphatic carbocycles. The molecule has 0 radical (unpaired) electrons. The molecule has 4 rings (SSSR count). The summed E-state index contributed by atoms with van der Waals surface area (Å²) in [5, 5.41) is 3.35. The van der Waals surface area contributed by atoms with Gasteiger partial charge < -0.3 is 20.2 Å². The Morgan fingerprint density at radius 1 is 1.11 bits per heavy atom. The van der Waals surface area contributed by atoms with Crippen LogP contribution < -0.4 is 5.32 Å². The lowest BCUT2D eigenvalue weighted by molar-refractivity contribution is 0.0776. The van der Waals surface area contributed by atoms with E-state index in [-0.39, 0.29) is 5.91 Å². The Bertz CT molecular complexity index is 894. The van der Waals surface area contributed by atoms with E-state index < -0.39 is 0 Å². The van der Waals surface area contributed by atoms with E-state index in [4.69, 9.17) is 0 Å². The lowest BCUT2D eigenvalue weighted by Gasteiger charge is -2.20. The summed E-state index contributed by atoms with van der Waals surface area (Å²) < 4.78 is 0. The number of benzene rings is 1. The van der Waals surface area contributed by atoms with Gasteiger partial charge in [-0.25, -0.2) is 9.97 Å². The van der Waals surface area contributed by atoms with Crippen molar-refractivity contribution in [1.29, 1.82) is 0 Å². The smallest absolute Gasteiger partial charge is 0.272 e. The SMILES string of the molecule is CN(Cc1ncc(-c2ccccc2)[nH]1)C(=O)c1cnc(C2CCNCC2)[nH]1. The molecule has 0 saturated carbocycles. The number of imidazole rings is 2. The molecule has 2 aromatic heterocycles. The van der Waals surface area contributed by atoms with Crippen molar-refractivity contribution in [2.75, 3.05) is 20.1 Å². The summed E-state index contributed by atoms with van der Waals surface area (Å²) in [6.07, 6.45) is 5.54. The zero-order chi connectivity index (χ0) is 18.6. The standard InChI is InChI=1S/C20H24N6O/c1-26(13-18-22-11-16(24-18)14-5-3-2-4-6-14)20(27)17-12-23-19(25-17)15-7-9-21-10-8-15/h2-6,11-12,15,21H,7-10,13H2,1H3,(H,22,24)(H,23,25). The van der Waals surface area contributed by atoms with Gasteiger partial charge in [-0.1, -0.05) is 30.3 Å². The molecule has 1 aromatic carbocycles. The molecular formula is C20H24N6O. The number of hydrogen-bond donors (Lipinski definition) is 3. The predicted molar refractivity (Wildman–Crippen MR) is 103 cm³/mol. The number of amides is 1. The summed E-state index contributed by atoms with van der Waals surface area (Å²) in [4.78, 5) is 29.7. The Hall–Kier alpha value is -2.93. The molecule has 27 heavy (non-hydrogen) atoms. The highest BCUT2D eigenvalue weighted by Crippen LogP contribution is 2.22. The van der Waals surface area contributed by atoms with Crippen LogP contribution in [0.4, 0.5) is 0 Å². The Morgan fingerprint density at radius 3 is 2.67 bits per heavy atom. The first-order valence-corrected chi connectivity index (χ1v) is 9.31. The van der Waals surface area contributed by atoms with Gasteiger partial charge in [-0.05, 0) is 31.5 Å². The van der Waals surface area contributed by atoms with Gasteiger partial charge in [0.2, 0.25) is 0 Å². The molecule has 1 fully saturated rings. The van der Waals surface area contributed by atoms with Crippen molar-refractivity contribution in [3.8, 4) is 11.3 Å². The van der Waals surface area contributed by atoms with Crippen LogP contribution >= 0.6 is 0 Å². The third-order valence-corrected chi connectivity index (χ3v) is 5.00. The summed E-state index contributed by atoms with van der Waals surface area (Å²) in [6.45, 7) is 2.40. The van der Waals surface area contributed by atoms with Crippen LogP contribution in [0, 0.1) is 0 Å². The van der Waals surface area contributed by atoms with Crippen LogP contribution in [0.2, 0.25) is 0 Å². The van der Waals surface area contributed by atoms with Crippen molar-refractivity contribution in [3.05, 3.63) is 60.1 Å². The van der Waals surface area contributed by atoms with Crippen LogP contribution in [-0.4, -0.2) is 50.9 Å². The van der Waals surface area contributed by atoms with Gasteiger partial charge in [0.1, 0.15) is 17.3 Å². The first-order valence-electron chi connectivity index (χ1n) is 9.31. The number of aromatic amines is 2. The molecule has 1 aliphatic heterocycles. The normalized spacial score (nSPS) is 15.0. The van der Waals surface area contributed by atoms with Crippen LogP contribution in [-0.2, 0) is 6.54 Å². The van der Waals surface area contributed by atoms with Crippen molar-refractivity contribution in [2.24, 2.45) is 0 Å². The van der Waals surface area contributed by atoms with Gasteiger partial charge in [-0.15, -0.1) is 0 Å². The first-order chi connectivity index (χ1) is 13.2. The summed E-state index contributed by atoms with van der Waals surface area (Å²) in [5.74, 6) is 1.98. The first kappa shape index (κ1) is 17.5. The van der Waals surface area contributed by atoms with Crippen LogP contribution in [0.1, 0.15) is 40.9 Å². The molecule has 7 heteroatoms. The second kappa shape index (κ2) is 7.75. The van der Waals surface area contributed by atoms with E-state index in [1.165, 1.54) is 0 Å². The molecule has 0 atom stereocenters. The zero-order valence-corrected chi connectivity index (χ0v) is 15.4.